The Kier molecular flexibility index (Phi) is 4.73. The van der Waals surface area contributed by atoms with E-state index in [0.717, 1.165) is 12.1 Å². The van der Waals surface area contributed by atoms with Crippen molar-refractivity contribution in [1.29, 1.82) is 0 Å². The first kappa shape index (κ1) is 16.6. The number of aromatic nitrogens is 1. The minimum absolute atomic E-state index is 0.223. The summed E-state index contributed by atoms with van der Waals surface area (Å²) in [4.78, 5) is 14.8. The second-order valence-electron chi connectivity index (χ2n) is 4.54. The normalized spacial score (nSPS) is 11.1. The van der Waals surface area contributed by atoms with Gasteiger partial charge in [-0.2, -0.15) is 0 Å². The fourth-order valence-corrected chi connectivity index (χ4v) is 1.97. The van der Waals surface area contributed by atoms with Crippen LogP contribution < -0.4 is 9.47 Å². The van der Waals surface area contributed by atoms with Crippen LogP contribution in [0.25, 0.3) is 11.1 Å². The average molecular weight is 327 g/mol. The average Bonchev–Trinajstić information content (AvgIpc) is 2.46. The lowest BCUT2D eigenvalue weighted by atomic mass is 10.0. The number of halogens is 3. The third-order valence-corrected chi connectivity index (χ3v) is 2.86. The van der Waals surface area contributed by atoms with Crippen LogP contribution in [0.3, 0.4) is 0 Å². The van der Waals surface area contributed by atoms with E-state index in [1.165, 1.54) is 25.4 Å². The Labute approximate surface area is 129 Å². The zero-order valence-corrected chi connectivity index (χ0v) is 11.9. The van der Waals surface area contributed by atoms with E-state index >= 15 is 0 Å². The van der Waals surface area contributed by atoms with E-state index in [1.807, 2.05) is 0 Å². The molecule has 0 amide bonds. The van der Waals surface area contributed by atoms with E-state index in [0.29, 0.717) is 16.7 Å². The van der Waals surface area contributed by atoms with Crippen molar-refractivity contribution in [2.75, 3.05) is 7.11 Å². The Balaban J connectivity index is 2.34. The molecule has 0 bridgehead atoms. The summed E-state index contributed by atoms with van der Waals surface area (Å²) in [5.41, 5.74) is 1.45. The number of rotatable bonds is 5. The number of methoxy groups -OCH3 is 1. The van der Waals surface area contributed by atoms with Crippen molar-refractivity contribution in [3.8, 4) is 22.8 Å². The second-order valence-corrected chi connectivity index (χ2v) is 4.54. The highest BCUT2D eigenvalue weighted by atomic mass is 19.4. The molecule has 2 aromatic rings. The van der Waals surface area contributed by atoms with E-state index < -0.39 is 12.3 Å². The molecule has 0 aliphatic rings. The van der Waals surface area contributed by atoms with Gasteiger partial charge in [-0.25, -0.2) is 4.98 Å². The smallest absolute Gasteiger partial charge is 0.481 e. The zero-order valence-electron chi connectivity index (χ0n) is 11.9. The number of aliphatic carboxylic acids is 1. The van der Waals surface area contributed by atoms with Crippen molar-refractivity contribution < 1.29 is 32.5 Å². The number of alkyl halides is 3. The molecule has 0 aliphatic carbocycles. The van der Waals surface area contributed by atoms with Crippen LogP contribution >= 0.6 is 0 Å². The van der Waals surface area contributed by atoms with Gasteiger partial charge < -0.3 is 14.6 Å². The topological polar surface area (TPSA) is 68.7 Å². The van der Waals surface area contributed by atoms with Crippen LogP contribution in [-0.2, 0) is 11.2 Å². The fraction of sp³-hybridized carbons (Fsp3) is 0.200. The summed E-state index contributed by atoms with van der Waals surface area (Å²) >= 11 is 0. The fourth-order valence-electron chi connectivity index (χ4n) is 1.97. The Morgan fingerprint density at radius 2 is 1.91 bits per heavy atom. The first-order valence-corrected chi connectivity index (χ1v) is 6.39. The lowest BCUT2D eigenvalue weighted by Crippen LogP contribution is -2.16. The maximum Gasteiger partial charge on any atom is 0.573 e. The number of carboxylic acid groups (broad SMARTS) is 1. The highest BCUT2D eigenvalue weighted by Gasteiger charge is 2.31. The first-order chi connectivity index (χ1) is 10.8. The van der Waals surface area contributed by atoms with E-state index in [-0.39, 0.29) is 18.1 Å². The Hall–Kier alpha value is -2.77. The molecule has 0 saturated heterocycles. The van der Waals surface area contributed by atoms with Crippen molar-refractivity contribution in [3.05, 3.63) is 42.1 Å². The van der Waals surface area contributed by atoms with Gasteiger partial charge in [-0.15, -0.1) is 13.2 Å². The molecule has 0 aliphatic heterocycles. The number of pyridine rings is 1. The molecule has 1 aromatic carbocycles. The highest BCUT2D eigenvalue weighted by molar-refractivity contribution is 5.73. The SMILES string of the molecule is COc1ncc(CC(=O)O)cc1-c1ccc(OC(F)(F)F)cc1. The van der Waals surface area contributed by atoms with Gasteiger partial charge in [-0.1, -0.05) is 12.1 Å². The van der Waals surface area contributed by atoms with Crippen LogP contribution in [0.2, 0.25) is 0 Å². The number of carbonyl (C=O) groups is 1. The summed E-state index contributed by atoms with van der Waals surface area (Å²) in [6.45, 7) is 0. The first-order valence-electron chi connectivity index (χ1n) is 6.39. The van der Waals surface area contributed by atoms with E-state index in [2.05, 4.69) is 9.72 Å². The predicted molar refractivity (Wildman–Crippen MR) is 74.2 cm³/mol. The number of benzene rings is 1. The van der Waals surface area contributed by atoms with Gasteiger partial charge in [0.1, 0.15) is 5.75 Å². The molecular weight excluding hydrogens is 315 g/mol. The maximum atomic E-state index is 12.2. The van der Waals surface area contributed by atoms with Gasteiger partial charge in [-0.05, 0) is 29.3 Å². The van der Waals surface area contributed by atoms with Crippen molar-refractivity contribution >= 4 is 5.97 Å². The summed E-state index contributed by atoms with van der Waals surface area (Å²) in [7, 11) is 1.39. The molecular formula is C15H12F3NO4. The molecule has 0 radical (unpaired) electrons. The van der Waals surface area contributed by atoms with Crippen molar-refractivity contribution in [2.24, 2.45) is 0 Å². The van der Waals surface area contributed by atoms with Gasteiger partial charge in [0, 0.05) is 11.8 Å². The number of carboxylic acids is 1. The molecule has 0 unspecified atom stereocenters. The van der Waals surface area contributed by atoms with E-state index in [9.17, 15) is 18.0 Å². The molecule has 122 valence electrons. The third kappa shape index (κ3) is 4.60. The summed E-state index contributed by atoms with van der Waals surface area (Å²) in [5, 5.41) is 8.82. The van der Waals surface area contributed by atoms with Crippen molar-refractivity contribution in [2.45, 2.75) is 12.8 Å². The molecule has 0 saturated carbocycles. The minimum Gasteiger partial charge on any atom is -0.481 e. The minimum atomic E-state index is -4.76. The molecule has 1 N–H and O–H groups in total. The Morgan fingerprint density at radius 1 is 1.26 bits per heavy atom. The van der Waals surface area contributed by atoms with Gasteiger partial charge >= 0.3 is 12.3 Å². The van der Waals surface area contributed by atoms with Gasteiger partial charge in [0.2, 0.25) is 5.88 Å². The number of hydrogen-bond acceptors (Lipinski definition) is 4. The van der Waals surface area contributed by atoms with Crippen molar-refractivity contribution in [1.82, 2.24) is 4.98 Å². The molecule has 1 aromatic heterocycles. The summed E-state index contributed by atoms with van der Waals surface area (Å²) in [6, 6.07) is 6.70. The summed E-state index contributed by atoms with van der Waals surface area (Å²) in [5.74, 6) is -1.13. The van der Waals surface area contributed by atoms with E-state index in [4.69, 9.17) is 9.84 Å². The standard InChI is InChI=1S/C15H12F3NO4/c1-22-14-12(6-9(8-19-14)7-13(20)21)10-2-4-11(5-3-10)23-15(16,17)18/h2-6,8H,7H2,1H3,(H,20,21). The van der Waals surface area contributed by atoms with Crippen molar-refractivity contribution in [3.63, 3.8) is 0 Å². The van der Waals surface area contributed by atoms with Crippen LogP contribution in [0.15, 0.2) is 36.5 Å². The van der Waals surface area contributed by atoms with Crippen LogP contribution in [0.4, 0.5) is 13.2 Å². The van der Waals surface area contributed by atoms with Crippen LogP contribution in [0.1, 0.15) is 5.56 Å². The number of hydrogen-bond donors (Lipinski definition) is 1. The highest BCUT2D eigenvalue weighted by Crippen LogP contribution is 2.31. The van der Waals surface area contributed by atoms with E-state index in [1.54, 1.807) is 6.07 Å². The molecule has 0 atom stereocenters. The lowest BCUT2D eigenvalue weighted by Gasteiger charge is -2.11. The van der Waals surface area contributed by atoms with Crippen LogP contribution in [0.5, 0.6) is 11.6 Å². The quantitative estimate of drug-likeness (QED) is 0.913. The van der Waals surface area contributed by atoms with Crippen LogP contribution in [-0.4, -0.2) is 29.5 Å². The molecule has 2 rings (SSSR count). The summed E-state index contributed by atoms with van der Waals surface area (Å²) < 4.78 is 45.4. The largest absolute Gasteiger partial charge is 0.573 e. The third-order valence-electron chi connectivity index (χ3n) is 2.86. The van der Waals surface area contributed by atoms with Gasteiger partial charge in [0.05, 0.1) is 13.5 Å². The molecule has 5 nitrogen and oxygen atoms in total. The van der Waals surface area contributed by atoms with Crippen LogP contribution in [0, 0.1) is 0 Å². The summed E-state index contributed by atoms with van der Waals surface area (Å²) in [6.07, 6.45) is -3.61. The molecule has 8 heteroatoms. The molecule has 1 heterocycles. The molecule has 0 fully saturated rings. The van der Waals surface area contributed by atoms with Gasteiger partial charge in [0.25, 0.3) is 0 Å². The monoisotopic (exact) mass is 327 g/mol. The predicted octanol–water partition coefficient (Wildman–Crippen LogP) is 3.28. The zero-order chi connectivity index (χ0) is 17.0. The number of nitrogens with zero attached hydrogens (tertiary/aromatic N) is 1. The maximum absolute atomic E-state index is 12.2. The second kappa shape index (κ2) is 6.55. The molecule has 23 heavy (non-hydrogen) atoms. The Morgan fingerprint density at radius 3 is 2.43 bits per heavy atom. The Bertz CT molecular complexity index is 699. The van der Waals surface area contributed by atoms with Gasteiger partial charge in [-0.3, -0.25) is 4.79 Å². The number of ether oxygens (including phenoxy) is 2. The van der Waals surface area contributed by atoms with Gasteiger partial charge in [0.15, 0.2) is 0 Å². The molecule has 0 spiro atoms. The lowest BCUT2D eigenvalue weighted by molar-refractivity contribution is -0.274.